The van der Waals surface area contributed by atoms with Crippen molar-refractivity contribution in [3.05, 3.63) is 0 Å². The minimum atomic E-state index is -0.229. The largest absolute Gasteiger partial charge is 0.370 e. The van der Waals surface area contributed by atoms with Crippen LogP contribution in [0.1, 0.15) is 26.2 Å². The first-order valence-corrected chi connectivity index (χ1v) is 5.46. The van der Waals surface area contributed by atoms with Crippen molar-refractivity contribution in [2.24, 2.45) is 22.4 Å². The summed E-state index contributed by atoms with van der Waals surface area (Å²) in [6.45, 7) is 4.39. The highest BCUT2D eigenvalue weighted by molar-refractivity contribution is 14.0. The van der Waals surface area contributed by atoms with E-state index in [1.807, 2.05) is 11.8 Å². The molecular formula is C10H21IN4O. The normalized spacial score (nSPS) is 21.4. The highest BCUT2D eigenvalue weighted by Crippen LogP contribution is 2.18. The summed E-state index contributed by atoms with van der Waals surface area (Å²) >= 11 is 0. The predicted molar refractivity (Wildman–Crippen MR) is 75.7 cm³/mol. The molecule has 1 aliphatic rings. The molecule has 0 aliphatic carbocycles. The molecule has 1 rings (SSSR count). The summed E-state index contributed by atoms with van der Waals surface area (Å²) in [5, 5.41) is 0. The lowest BCUT2D eigenvalue weighted by Crippen LogP contribution is -2.44. The van der Waals surface area contributed by atoms with Gasteiger partial charge in [0.15, 0.2) is 5.96 Å². The molecule has 4 N–H and O–H groups in total. The lowest BCUT2D eigenvalue weighted by atomic mass is 9.95. The second-order valence-corrected chi connectivity index (χ2v) is 3.96. The number of nitrogens with two attached hydrogens (primary N) is 2. The van der Waals surface area contributed by atoms with Gasteiger partial charge < -0.3 is 16.4 Å². The van der Waals surface area contributed by atoms with Crippen molar-refractivity contribution in [2.75, 3.05) is 19.6 Å². The monoisotopic (exact) mass is 340 g/mol. The molecule has 0 aromatic heterocycles. The minimum absolute atomic E-state index is 0. The van der Waals surface area contributed by atoms with Crippen molar-refractivity contribution in [1.82, 2.24) is 4.90 Å². The molecule has 1 saturated heterocycles. The van der Waals surface area contributed by atoms with E-state index in [4.69, 9.17) is 11.5 Å². The van der Waals surface area contributed by atoms with Crippen LogP contribution in [-0.4, -0.2) is 36.4 Å². The fourth-order valence-corrected chi connectivity index (χ4v) is 1.99. The molecule has 0 aromatic carbocycles. The van der Waals surface area contributed by atoms with Gasteiger partial charge in [-0.3, -0.25) is 9.79 Å². The number of rotatable bonds is 3. The number of guanidine groups is 1. The van der Waals surface area contributed by atoms with Crippen LogP contribution in [0.5, 0.6) is 0 Å². The van der Waals surface area contributed by atoms with E-state index < -0.39 is 0 Å². The Morgan fingerprint density at radius 3 is 2.75 bits per heavy atom. The Morgan fingerprint density at radius 2 is 2.19 bits per heavy atom. The maximum absolute atomic E-state index is 10.8. The van der Waals surface area contributed by atoms with Crippen molar-refractivity contribution in [1.29, 1.82) is 0 Å². The van der Waals surface area contributed by atoms with Crippen LogP contribution >= 0.6 is 24.0 Å². The third kappa shape index (κ3) is 5.00. The molecule has 0 spiro atoms. The summed E-state index contributed by atoms with van der Waals surface area (Å²) in [5.74, 6) is 0.696. The summed E-state index contributed by atoms with van der Waals surface area (Å²) in [4.78, 5) is 17.0. The molecule has 0 radical (unpaired) electrons. The van der Waals surface area contributed by atoms with Crippen LogP contribution in [0.15, 0.2) is 4.99 Å². The molecule has 16 heavy (non-hydrogen) atoms. The maximum atomic E-state index is 10.8. The zero-order chi connectivity index (χ0) is 11.3. The summed E-state index contributed by atoms with van der Waals surface area (Å²) in [6, 6.07) is 0. The average Bonchev–Trinajstić information content (AvgIpc) is 2.17. The molecule has 1 amide bonds. The summed E-state index contributed by atoms with van der Waals surface area (Å²) in [5.41, 5.74) is 11.0. The number of piperidine rings is 1. The number of primary amides is 1. The number of amides is 1. The van der Waals surface area contributed by atoms with E-state index >= 15 is 0 Å². The average molecular weight is 340 g/mol. The zero-order valence-electron chi connectivity index (χ0n) is 9.69. The van der Waals surface area contributed by atoms with Gasteiger partial charge in [0, 0.05) is 26.1 Å². The molecular weight excluding hydrogens is 319 g/mol. The van der Waals surface area contributed by atoms with Gasteiger partial charge in [-0.05, 0) is 25.7 Å². The first-order valence-electron chi connectivity index (χ1n) is 5.46. The van der Waals surface area contributed by atoms with Crippen LogP contribution in [0, 0.1) is 5.92 Å². The number of likely N-dealkylation sites (tertiary alicyclic amines) is 1. The van der Waals surface area contributed by atoms with E-state index in [-0.39, 0.29) is 29.9 Å². The van der Waals surface area contributed by atoms with E-state index in [2.05, 4.69) is 4.99 Å². The smallest absolute Gasteiger partial charge is 0.217 e. The lowest BCUT2D eigenvalue weighted by molar-refractivity contribution is -0.119. The summed E-state index contributed by atoms with van der Waals surface area (Å²) in [6.07, 6.45) is 2.56. The molecule has 1 aliphatic heterocycles. The second-order valence-electron chi connectivity index (χ2n) is 3.96. The number of hydrogen-bond acceptors (Lipinski definition) is 2. The van der Waals surface area contributed by atoms with E-state index in [1.165, 1.54) is 0 Å². The topological polar surface area (TPSA) is 84.7 Å². The molecule has 1 heterocycles. The lowest BCUT2D eigenvalue weighted by Gasteiger charge is -2.32. The van der Waals surface area contributed by atoms with Crippen molar-refractivity contribution in [2.45, 2.75) is 26.2 Å². The van der Waals surface area contributed by atoms with Gasteiger partial charge in [0.1, 0.15) is 0 Å². The van der Waals surface area contributed by atoms with Gasteiger partial charge in [0.25, 0.3) is 0 Å². The molecule has 1 unspecified atom stereocenters. The van der Waals surface area contributed by atoms with Crippen LogP contribution in [0.2, 0.25) is 0 Å². The SMILES string of the molecule is CCN=C(N)N1CCCC(CC(N)=O)C1.I. The molecule has 0 aromatic rings. The second kappa shape index (κ2) is 7.70. The van der Waals surface area contributed by atoms with Crippen molar-refractivity contribution in [3.8, 4) is 0 Å². The van der Waals surface area contributed by atoms with Gasteiger partial charge in [0.2, 0.25) is 5.91 Å². The van der Waals surface area contributed by atoms with E-state index in [9.17, 15) is 4.79 Å². The Labute approximate surface area is 114 Å². The van der Waals surface area contributed by atoms with Crippen LogP contribution in [0.3, 0.4) is 0 Å². The van der Waals surface area contributed by atoms with Crippen LogP contribution in [0.4, 0.5) is 0 Å². The predicted octanol–water partition coefficient (Wildman–Crippen LogP) is 0.526. The zero-order valence-corrected chi connectivity index (χ0v) is 12.0. The van der Waals surface area contributed by atoms with Gasteiger partial charge in [-0.1, -0.05) is 0 Å². The molecule has 5 nitrogen and oxygen atoms in total. The fourth-order valence-electron chi connectivity index (χ4n) is 1.99. The highest BCUT2D eigenvalue weighted by Gasteiger charge is 2.22. The summed E-state index contributed by atoms with van der Waals surface area (Å²) in [7, 11) is 0. The number of nitrogens with zero attached hydrogens (tertiary/aromatic N) is 2. The van der Waals surface area contributed by atoms with Gasteiger partial charge in [-0.15, -0.1) is 24.0 Å². The van der Waals surface area contributed by atoms with Crippen LogP contribution in [0.25, 0.3) is 0 Å². The number of hydrogen-bond donors (Lipinski definition) is 2. The molecule has 1 atom stereocenters. The first-order chi connectivity index (χ1) is 7.13. The van der Waals surface area contributed by atoms with E-state index in [1.54, 1.807) is 0 Å². The Bertz CT molecular complexity index is 257. The molecule has 0 bridgehead atoms. The van der Waals surface area contributed by atoms with Gasteiger partial charge in [-0.25, -0.2) is 0 Å². The van der Waals surface area contributed by atoms with Gasteiger partial charge in [-0.2, -0.15) is 0 Å². The van der Waals surface area contributed by atoms with E-state index in [0.29, 0.717) is 24.8 Å². The fraction of sp³-hybridized carbons (Fsp3) is 0.800. The third-order valence-corrected chi connectivity index (χ3v) is 2.65. The number of aliphatic imine (C=N–C) groups is 1. The Kier molecular flexibility index (Phi) is 7.44. The number of carbonyl (C=O) groups is 1. The number of halogens is 1. The molecule has 94 valence electrons. The molecule has 1 fully saturated rings. The first kappa shape index (κ1) is 15.5. The Balaban J connectivity index is 0.00000225. The van der Waals surface area contributed by atoms with Gasteiger partial charge in [0.05, 0.1) is 0 Å². The van der Waals surface area contributed by atoms with E-state index in [0.717, 1.165) is 25.9 Å². The number of carbonyl (C=O) groups excluding carboxylic acids is 1. The maximum Gasteiger partial charge on any atom is 0.217 e. The van der Waals surface area contributed by atoms with Crippen molar-refractivity contribution < 1.29 is 4.79 Å². The van der Waals surface area contributed by atoms with Crippen LogP contribution in [-0.2, 0) is 4.79 Å². The molecule has 6 heteroatoms. The third-order valence-electron chi connectivity index (χ3n) is 2.65. The standard InChI is InChI=1S/C10H20N4O.HI/c1-2-13-10(12)14-5-3-4-8(7-14)6-9(11)15;/h8H,2-7H2,1H3,(H2,11,15)(H2,12,13);1H. The van der Waals surface area contributed by atoms with Crippen LogP contribution < -0.4 is 11.5 Å². The Hall–Kier alpha value is -0.530. The quantitative estimate of drug-likeness (QED) is 0.446. The van der Waals surface area contributed by atoms with Gasteiger partial charge >= 0.3 is 0 Å². The summed E-state index contributed by atoms with van der Waals surface area (Å²) < 4.78 is 0. The molecule has 0 saturated carbocycles. The highest BCUT2D eigenvalue weighted by atomic mass is 127. The van der Waals surface area contributed by atoms with Crippen molar-refractivity contribution >= 4 is 35.8 Å². The minimum Gasteiger partial charge on any atom is -0.370 e. The Morgan fingerprint density at radius 1 is 1.50 bits per heavy atom. The van der Waals surface area contributed by atoms with Crippen molar-refractivity contribution in [3.63, 3.8) is 0 Å².